The van der Waals surface area contributed by atoms with Gasteiger partial charge in [-0.2, -0.15) is 0 Å². The van der Waals surface area contributed by atoms with Crippen LogP contribution in [-0.2, 0) is 5.54 Å². The largest absolute Gasteiger partial charge is 0.321 e. The first-order valence-electron chi connectivity index (χ1n) is 5.70. The highest BCUT2D eigenvalue weighted by atomic mass is 35.5. The van der Waals surface area contributed by atoms with Crippen molar-refractivity contribution in [1.29, 1.82) is 0 Å². The summed E-state index contributed by atoms with van der Waals surface area (Å²) in [7, 11) is 0. The van der Waals surface area contributed by atoms with E-state index in [1.807, 2.05) is 6.07 Å². The second kappa shape index (κ2) is 4.01. The fourth-order valence-electron chi connectivity index (χ4n) is 2.64. The lowest BCUT2D eigenvalue weighted by atomic mass is 9.85. The van der Waals surface area contributed by atoms with Crippen molar-refractivity contribution in [3.63, 3.8) is 0 Å². The van der Waals surface area contributed by atoms with E-state index in [-0.39, 0.29) is 11.4 Å². The van der Waals surface area contributed by atoms with Crippen LogP contribution >= 0.6 is 11.6 Å². The van der Waals surface area contributed by atoms with Gasteiger partial charge in [-0.3, -0.25) is 0 Å². The molecule has 1 saturated carbocycles. The van der Waals surface area contributed by atoms with Crippen molar-refractivity contribution < 1.29 is 4.39 Å². The topological polar surface area (TPSA) is 26.0 Å². The second-order valence-corrected chi connectivity index (χ2v) is 5.24. The maximum Gasteiger partial charge on any atom is 0.130 e. The molecule has 2 rings (SSSR count). The van der Waals surface area contributed by atoms with Gasteiger partial charge in [0.15, 0.2) is 0 Å². The smallest absolute Gasteiger partial charge is 0.130 e. The molecule has 0 unspecified atom stereocenters. The van der Waals surface area contributed by atoms with Crippen molar-refractivity contribution in [1.82, 2.24) is 0 Å². The minimum atomic E-state index is -0.373. The maximum atomic E-state index is 13.9. The lowest BCUT2D eigenvalue weighted by molar-refractivity contribution is 0.453. The van der Waals surface area contributed by atoms with Crippen molar-refractivity contribution in [2.24, 2.45) is 5.73 Å². The van der Waals surface area contributed by atoms with E-state index in [2.05, 4.69) is 0 Å². The normalized spacial score (nSPS) is 19.1. The SMILES string of the molecule is Cc1c(Cl)cc(C2(N)CCCC2)c(C)c1F. The molecule has 1 aromatic carbocycles. The lowest BCUT2D eigenvalue weighted by Gasteiger charge is -2.27. The molecule has 0 aromatic heterocycles. The number of halogens is 2. The fourth-order valence-corrected chi connectivity index (χ4v) is 2.83. The molecule has 0 radical (unpaired) electrons. The van der Waals surface area contributed by atoms with E-state index in [1.54, 1.807) is 13.8 Å². The monoisotopic (exact) mass is 241 g/mol. The van der Waals surface area contributed by atoms with Crippen LogP contribution in [0.25, 0.3) is 0 Å². The molecule has 0 heterocycles. The maximum absolute atomic E-state index is 13.9. The molecule has 0 bridgehead atoms. The number of benzene rings is 1. The molecule has 1 aromatic rings. The van der Waals surface area contributed by atoms with Crippen LogP contribution in [0.1, 0.15) is 42.4 Å². The van der Waals surface area contributed by atoms with E-state index in [9.17, 15) is 4.39 Å². The van der Waals surface area contributed by atoms with E-state index in [0.29, 0.717) is 16.1 Å². The molecule has 3 heteroatoms. The zero-order chi connectivity index (χ0) is 11.9. The van der Waals surface area contributed by atoms with E-state index in [0.717, 1.165) is 31.2 Å². The number of hydrogen-bond donors (Lipinski definition) is 1. The molecule has 88 valence electrons. The third-order valence-corrected chi connectivity index (χ3v) is 4.12. The Hall–Kier alpha value is -0.600. The van der Waals surface area contributed by atoms with Crippen molar-refractivity contribution in [3.8, 4) is 0 Å². The van der Waals surface area contributed by atoms with Crippen LogP contribution in [0, 0.1) is 19.7 Å². The van der Waals surface area contributed by atoms with Gasteiger partial charge in [-0.25, -0.2) is 4.39 Å². The molecule has 1 aliphatic rings. The van der Waals surface area contributed by atoms with Gasteiger partial charge in [0.25, 0.3) is 0 Å². The van der Waals surface area contributed by atoms with Gasteiger partial charge in [-0.15, -0.1) is 0 Å². The number of rotatable bonds is 1. The molecule has 0 aliphatic heterocycles. The Kier molecular flexibility index (Phi) is 2.97. The predicted octanol–water partition coefficient (Wildman–Crippen LogP) is 3.82. The summed E-state index contributed by atoms with van der Waals surface area (Å²) in [6.45, 7) is 3.49. The molecule has 1 fully saturated rings. The Labute approximate surface area is 101 Å². The van der Waals surface area contributed by atoms with E-state index in [1.165, 1.54) is 0 Å². The van der Waals surface area contributed by atoms with Crippen LogP contribution < -0.4 is 5.73 Å². The Balaban J connectivity index is 2.57. The molecule has 0 saturated heterocycles. The first-order valence-corrected chi connectivity index (χ1v) is 6.08. The first kappa shape index (κ1) is 11.9. The third kappa shape index (κ3) is 1.74. The highest BCUT2D eigenvalue weighted by Crippen LogP contribution is 2.40. The van der Waals surface area contributed by atoms with Crippen molar-refractivity contribution in [2.45, 2.75) is 45.1 Å². The molecule has 1 aliphatic carbocycles. The standard InChI is InChI=1S/C13H17ClFN/c1-8-10(13(16)5-3-4-6-13)7-11(14)9(2)12(8)15/h7H,3-6,16H2,1-2H3. The van der Waals surface area contributed by atoms with Crippen molar-refractivity contribution in [3.05, 3.63) is 33.6 Å². The lowest BCUT2D eigenvalue weighted by Crippen LogP contribution is -2.34. The molecule has 0 atom stereocenters. The van der Waals surface area contributed by atoms with Crippen LogP contribution in [0.3, 0.4) is 0 Å². The molecule has 16 heavy (non-hydrogen) atoms. The summed E-state index contributed by atoms with van der Waals surface area (Å²) in [5, 5.41) is 0.481. The quantitative estimate of drug-likeness (QED) is 0.795. The molecule has 0 amide bonds. The van der Waals surface area contributed by atoms with Crippen LogP contribution in [0.5, 0.6) is 0 Å². The van der Waals surface area contributed by atoms with Gasteiger partial charge < -0.3 is 5.73 Å². The Morgan fingerprint density at radius 3 is 2.38 bits per heavy atom. The van der Waals surface area contributed by atoms with Gasteiger partial charge in [0.1, 0.15) is 5.82 Å². The number of hydrogen-bond acceptors (Lipinski definition) is 1. The van der Waals surface area contributed by atoms with Gasteiger partial charge in [-0.1, -0.05) is 24.4 Å². The van der Waals surface area contributed by atoms with Crippen LogP contribution in [0.2, 0.25) is 5.02 Å². The minimum absolute atomic E-state index is 0.209. The minimum Gasteiger partial charge on any atom is -0.321 e. The average molecular weight is 242 g/mol. The van der Waals surface area contributed by atoms with E-state index >= 15 is 0 Å². The summed E-state index contributed by atoms with van der Waals surface area (Å²) in [5.41, 5.74) is 8.03. The molecule has 0 spiro atoms. The molecule has 2 N–H and O–H groups in total. The zero-order valence-electron chi connectivity index (χ0n) is 9.74. The summed E-state index contributed by atoms with van der Waals surface area (Å²) >= 11 is 6.04. The predicted molar refractivity (Wildman–Crippen MR) is 65.2 cm³/mol. The number of nitrogens with two attached hydrogens (primary N) is 1. The summed E-state index contributed by atoms with van der Waals surface area (Å²) in [6, 6.07) is 1.85. The summed E-state index contributed by atoms with van der Waals surface area (Å²) in [6.07, 6.45) is 4.07. The summed E-state index contributed by atoms with van der Waals surface area (Å²) < 4.78 is 13.9. The Bertz CT molecular complexity index is 422. The van der Waals surface area contributed by atoms with Crippen LogP contribution in [0.4, 0.5) is 4.39 Å². The van der Waals surface area contributed by atoms with Crippen LogP contribution in [-0.4, -0.2) is 0 Å². The fraction of sp³-hybridized carbons (Fsp3) is 0.538. The summed E-state index contributed by atoms with van der Waals surface area (Å²) in [5.74, 6) is -0.209. The Morgan fingerprint density at radius 1 is 1.25 bits per heavy atom. The van der Waals surface area contributed by atoms with E-state index < -0.39 is 0 Å². The van der Waals surface area contributed by atoms with Gasteiger partial charge in [0, 0.05) is 16.1 Å². The van der Waals surface area contributed by atoms with E-state index in [4.69, 9.17) is 17.3 Å². The Morgan fingerprint density at radius 2 is 1.81 bits per heavy atom. The second-order valence-electron chi connectivity index (χ2n) is 4.83. The highest BCUT2D eigenvalue weighted by Gasteiger charge is 2.33. The van der Waals surface area contributed by atoms with Gasteiger partial charge in [-0.05, 0) is 43.9 Å². The van der Waals surface area contributed by atoms with Gasteiger partial charge >= 0.3 is 0 Å². The zero-order valence-corrected chi connectivity index (χ0v) is 10.5. The van der Waals surface area contributed by atoms with Gasteiger partial charge in [0.05, 0.1) is 0 Å². The molecular formula is C13H17ClFN. The average Bonchev–Trinajstić information content (AvgIpc) is 2.68. The molecule has 1 nitrogen and oxygen atoms in total. The first-order chi connectivity index (χ1) is 7.46. The summed E-state index contributed by atoms with van der Waals surface area (Å²) in [4.78, 5) is 0. The highest BCUT2D eigenvalue weighted by molar-refractivity contribution is 6.31. The van der Waals surface area contributed by atoms with Gasteiger partial charge in [0.2, 0.25) is 0 Å². The molecular weight excluding hydrogens is 225 g/mol. The van der Waals surface area contributed by atoms with Crippen molar-refractivity contribution >= 4 is 11.6 Å². The third-order valence-electron chi connectivity index (χ3n) is 3.72. The van der Waals surface area contributed by atoms with Crippen molar-refractivity contribution in [2.75, 3.05) is 0 Å². The van der Waals surface area contributed by atoms with Crippen LogP contribution in [0.15, 0.2) is 6.07 Å².